The number of aldehydes is 1. The molecule has 2 unspecified atom stereocenters. The van der Waals surface area contributed by atoms with Gasteiger partial charge >= 0.3 is 0 Å². The monoisotopic (exact) mass is 159 g/mol. The molecule has 0 heterocycles. The minimum Gasteiger partial charge on any atom is -0.392 e. The molecule has 11 heavy (non-hydrogen) atoms. The van der Waals surface area contributed by atoms with Crippen molar-refractivity contribution in [3.05, 3.63) is 0 Å². The molecule has 0 radical (unpaired) electrons. The van der Waals surface area contributed by atoms with Crippen LogP contribution in [-0.2, 0) is 4.79 Å². The average Bonchev–Trinajstić information content (AvgIpc) is 2.00. The van der Waals surface area contributed by atoms with Crippen molar-refractivity contribution in [1.82, 2.24) is 5.32 Å². The molecule has 2 N–H and O–H groups in total. The zero-order valence-electron chi connectivity index (χ0n) is 7.21. The molecule has 0 saturated heterocycles. The van der Waals surface area contributed by atoms with E-state index in [0.717, 1.165) is 19.3 Å². The highest BCUT2D eigenvalue weighted by molar-refractivity contribution is 5.50. The lowest BCUT2D eigenvalue weighted by molar-refractivity contribution is -0.110. The van der Waals surface area contributed by atoms with Gasteiger partial charge in [-0.1, -0.05) is 6.92 Å². The molecule has 0 amide bonds. The molecule has 0 spiro atoms. The highest BCUT2D eigenvalue weighted by Crippen LogP contribution is 2.08. The number of hydrogen-bond acceptors (Lipinski definition) is 3. The molecule has 0 aliphatic carbocycles. The smallest absolute Gasteiger partial charge is 0.122 e. The van der Waals surface area contributed by atoms with Crippen molar-refractivity contribution in [3.8, 4) is 0 Å². The Kier molecular flexibility index (Phi) is 6.07. The van der Waals surface area contributed by atoms with E-state index in [-0.39, 0.29) is 12.3 Å². The first-order chi connectivity index (χ1) is 5.22. The van der Waals surface area contributed by atoms with E-state index in [1.807, 2.05) is 14.0 Å². The van der Waals surface area contributed by atoms with E-state index in [1.54, 1.807) is 0 Å². The van der Waals surface area contributed by atoms with Gasteiger partial charge in [-0.2, -0.15) is 0 Å². The van der Waals surface area contributed by atoms with Gasteiger partial charge in [-0.25, -0.2) is 0 Å². The van der Waals surface area contributed by atoms with Crippen molar-refractivity contribution in [2.45, 2.75) is 25.9 Å². The van der Waals surface area contributed by atoms with Gasteiger partial charge in [0.25, 0.3) is 0 Å². The molecule has 0 aliphatic heterocycles. The number of carbonyl (C=O) groups excluding carboxylic acids is 1. The Morgan fingerprint density at radius 2 is 2.27 bits per heavy atom. The van der Waals surface area contributed by atoms with Gasteiger partial charge in [0.15, 0.2) is 0 Å². The Labute approximate surface area is 67.8 Å². The molecular weight excluding hydrogens is 142 g/mol. The minimum absolute atomic E-state index is 0.202. The predicted octanol–water partition coefficient (Wildman–Crippen LogP) is 0.182. The zero-order chi connectivity index (χ0) is 8.69. The molecule has 0 aromatic carbocycles. The first kappa shape index (κ1) is 10.6. The third-order valence-electron chi connectivity index (χ3n) is 1.84. The van der Waals surface area contributed by atoms with E-state index < -0.39 is 6.10 Å². The summed E-state index contributed by atoms with van der Waals surface area (Å²) < 4.78 is 0. The summed E-state index contributed by atoms with van der Waals surface area (Å²) in [5.74, 6) is 0.202. The summed E-state index contributed by atoms with van der Waals surface area (Å²) in [5, 5.41) is 12.3. The van der Waals surface area contributed by atoms with Crippen LogP contribution in [0.25, 0.3) is 0 Å². The van der Waals surface area contributed by atoms with E-state index in [0.29, 0.717) is 0 Å². The quantitative estimate of drug-likeness (QED) is 0.544. The number of aliphatic hydroxyl groups is 1. The summed E-state index contributed by atoms with van der Waals surface area (Å²) in [7, 11) is 1.87. The fourth-order valence-corrected chi connectivity index (χ4v) is 0.895. The molecule has 0 aromatic rings. The van der Waals surface area contributed by atoms with Gasteiger partial charge in [-0.15, -0.1) is 0 Å². The van der Waals surface area contributed by atoms with E-state index in [4.69, 9.17) is 0 Å². The van der Waals surface area contributed by atoms with Crippen molar-refractivity contribution in [2.75, 3.05) is 13.6 Å². The van der Waals surface area contributed by atoms with Crippen molar-refractivity contribution in [2.24, 2.45) is 5.92 Å². The van der Waals surface area contributed by atoms with E-state index in [9.17, 15) is 9.90 Å². The lowest BCUT2D eigenvalue weighted by Gasteiger charge is -2.15. The van der Waals surface area contributed by atoms with Crippen molar-refractivity contribution in [3.63, 3.8) is 0 Å². The fraction of sp³-hybridized carbons (Fsp3) is 0.875. The van der Waals surface area contributed by atoms with Crippen LogP contribution < -0.4 is 5.32 Å². The van der Waals surface area contributed by atoms with Gasteiger partial charge in [0.1, 0.15) is 6.29 Å². The van der Waals surface area contributed by atoms with Crippen molar-refractivity contribution >= 4 is 6.29 Å². The molecule has 0 fully saturated rings. The second-order valence-corrected chi connectivity index (χ2v) is 2.84. The Hall–Kier alpha value is -0.410. The largest absolute Gasteiger partial charge is 0.392 e. The van der Waals surface area contributed by atoms with Gasteiger partial charge in [-0.3, -0.25) is 0 Å². The third kappa shape index (κ3) is 4.93. The van der Waals surface area contributed by atoms with Crippen molar-refractivity contribution in [1.29, 1.82) is 0 Å². The van der Waals surface area contributed by atoms with Crippen LogP contribution in [0.2, 0.25) is 0 Å². The van der Waals surface area contributed by atoms with Crippen LogP contribution in [0.15, 0.2) is 0 Å². The molecule has 2 atom stereocenters. The van der Waals surface area contributed by atoms with E-state index in [1.165, 1.54) is 0 Å². The van der Waals surface area contributed by atoms with Gasteiger partial charge < -0.3 is 15.2 Å². The normalized spacial score (nSPS) is 15.9. The SMILES string of the molecule is CNCCC(C)C(O)CC=O. The van der Waals surface area contributed by atoms with Crippen LogP contribution in [0.1, 0.15) is 19.8 Å². The lowest BCUT2D eigenvalue weighted by atomic mass is 9.99. The summed E-state index contributed by atoms with van der Waals surface area (Å²) in [6, 6.07) is 0. The molecule has 0 bridgehead atoms. The highest BCUT2D eigenvalue weighted by Gasteiger charge is 2.12. The first-order valence-corrected chi connectivity index (χ1v) is 3.98. The second-order valence-electron chi connectivity index (χ2n) is 2.84. The third-order valence-corrected chi connectivity index (χ3v) is 1.84. The second kappa shape index (κ2) is 6.31. The lowest BCUT2D eigenvalue weighted by Crippen LogP contribution is -2.22. The summed E-state index contributed by atoms with van der Waals surface area (Å²) in [6.07, 6.45) is 1.46. The molecule has 66 valence electrons. The summed E-state index contributed by atoms with van der Waals surface area (Å²) in [4.78, 5) is 10.0. The van der Waals surface area contributed by atoms with E-state index in [2.05, 4.69) is 5.32 Å². The Morgan fingerprint density at radius 3 is 2.73 bits per heavy atom. The van der Waals surface area contributed by atoms with Crippen molar-refractivity contribution < 1.29 is 9.90 Å². The average molecular weight is 159 g/mol. The number of nitrogens with one attached hydrogen (secondary N) is 1. The van der Waals surface area contributed by atoms with Gasteiger partial charge in [0, 0.05) is 6.42 Å². The predicted molar refractivity (Wildman–Crippen MR) is 44.4 cm³/mol. The maximum absolute atomic E-state index is 10.0. The van der Waals surface area contributed by atoms with Crippen LogP contribution in [0.5, 0.6) is 0 Å². The molecule has 0 aliphatic rings. The molecule has 0 saturated carbocycles. The molecule has 0 aromatic heterocycles. The molecular formula is C8H17NO2. The van der Waals surface area contributed by atoms with Gasteiger partial charge in [-0.05, 0) is 25.9 Å². The summed E-state index contributed by atoms with van der Waals surface area (Å²) in [5.41, 5.74) is 0. The Balaban J connectivity index is 3.45. The Morgan fingerprint density at radius 1 is 1.64 bits per heavy atom. The zero-order valence-corrected chi connectivity index (χ0v) is 7.21. The topological polar surface area (TPSA) is 49.3 Å². The summed E-state index contributed by atoms with van der Waals surface area (Å²) in [6.45, 7) is 2.84. The van der Waals surface area contributed by atoms with Crippen LogP contribution in [-0.4, -0.2) is 31.1 Å². The highest BCUT2D eigenvalue weighted by atomic mass is 16.3. The van der Waals surface area contributed by atoms with Gasteiger partial charge in [0.05, 0.1) is 6.10 Å². The van der Waals surface area contributed by atoms with Crippen LogP contribution in [0, 0.1) is 5.92 Å². The van der Waals surface area contributed by atoms with E-state index >= 15 is 0 Å². The molecule has 3 heteroatoms. The number of rotatable bonds is 6. The van der Waals surface area contributed by atoms with Crippen LogP contribution in [0.4, 0.5) is 0 Å². The van der Waals surface area contributed by atoms with Gasteiger partial charge in [0.2, 0.25) is 0 Å². The van der Waals surface area contributed by atoms with Crippen LogP contribution in [0.3, 0.4) is 0 Å². The minimum atomic E-state index is -0.471. The number of hydrogen-bond donors (Lipinski definition) is 2. The first-order valence-electron chi connectivity index (χ1n) is 3.98. The molecule has 0 rings (SSSR count). The molecule has 3 nitrogen and oxygen atoms in total. The summed E-state index contributed by atoms with van der Waals surface area (Å²) >= 11 is 0. The number of carbonyl (C=O) groups is 1. The standard InChI is InChI=1S/C8H17NO2/c1-7(3-5-9-2)8(11)4-6-10/h6-9,11H,3-5H2,1-2H3. The fourth-order valence-electron chi connectivity index (χ4n) is 0.895. The van der Waals surface area contributed by atoms with Crippen LogP contribution >= 0.6 is 0 Å². The number of aliphatic hydroxyl groups excluding tert-OH is 1. The maximum Gasteiger partial charge on any atom is 0.122 e. The Bertz CT molecular complexity index is 106. The maximum atomic E-state index is 10.0.